The summed E-state index contributed by atoms with van der Waals surface area (Å²) in [5, 5.41) is 1.20. The monoisotopic (exact) mass is 345 g/mol. The van der Waals surface area contributed by atoms with E-state index >= 15 is 0 Å². The van der Waals surface area contributed by atoms with Crippen LogP contribution in [0.25, 0.3) is 10.9 Å². The number of rotatable bonds is 6. The fourth-order valence-electron chi connectivity index (χ4n) is 3.11. The van der Waals surface area contributed by atoms with Crippen LogP contribution in [-0.2, 0) is 13.0 Å². The molecular weight excluding hydrogens is 326 g/mol. The lowest BCUT2D eigenvalue weighted by Gasteiger charge is -2.21. The summed E-state index contributed by atoms with van der Waals surface area (Å²) in [7, 11) is 0. The van der Waals surface area contributed by atoms with Crippen molar-refractivity contribution in [2.75, 3.05) is 6.54 Å². The molecule has 1 N–H and O–H groups in total. The van der Waals surface area contributed by atoms with E-state index in [9.17, 15) is 4.79 Å². The number of para-hydroxylation sites is 1. The van der Waals surface area contributed by atoms with E-state index in [2.05, 4.69) is 22.1 Å². The predicted molar refractivity (Wildman–Crippen MR) is 99.7 cm³/mol. The van der Waals surface area contributed by atoms with Gasteiger partial charge in [-0.15, -0.1) is 0 Å². The Labute approximate surface area is 151 Å². The van der Waals surface area contributed by atoms with E-state index in [1.165, 1.54) is 17.2 Å². The number of nitrogens with zero attached hydrogens (tertiary/aromatic N) is 2. The topological polar surface area (TPSA) is 62.1 Å². The highest BCUT2D eigenvalue weighted by molar-refractivity contribution is 5.91. The second kappa shape index (κ2) is 7.27. The zero-order valence-electron chi connectivity index (χ0n) is 14.3. The van der Waals surface area contributed by atoms with Crippen molar-refractivity contribution in [2.45, 2.75) is 13.0 Å². The highest BCUT2D eigenvalue weighted by Gasteiger charge is 2.19. The van der Waals surface area contributed by atoms with Crippen molar-refractivity contribution in [1.82, 2.24) is 14.9 Å². The first-order chi connectivity index (χ1) is 12.8. The van der Waals surface area contributed by atoms with E-state index in [1.54, 1.807) is 24.5 Å². The molecule has 26 heavy (non-hydrogen) atoms. The standard InChI is InChI=1S/C21H19N3O2/c25-21(20-6-3-13-26-20)24(15-16-7-10-22-11-8-16)12-9-17-14-23-19-5-2-1-4-18(17)19/h1-8,10-11,13-14,23H,9,12,15H2. The molecule has 0 radical (unpaired) electrons. The number of benzene rings is 1. The highest BCUT2D eigenvalue weighted by atomic mass is 16.3. The smallest absolute Gasteiger partial charge is 0.289 e. The van der Waals surface area contributed by atoms with Crippen LogP contribution in [0.4, 0.5) is 0 Å². The van der Waals surface area contributed by atoms with Crippen LogP contribution in [0.5, 0.6) is 0 Å². The summed E-state index contributed by atoms with van der Waals surface area (Å²) in [6, 6.07) is 15.5. The Bertz CT molecular complexity index is 990. The number of hydrogen-bond acceptors (Lipinski definition) is 3. The summed E-state index contributed by atoms with van der Waals surface area (Å²) in [4.78, 5) is 22.0. The maximum absolute atomic E-state index is 12.8. The van der Waals surface area contributed by atoms with Gasteiger partial charge in [0.05, 0.1) is 6.26 Å². The van der Waals surface area contributed by atoms with Crippen LogP contribution in [-0.4, -0.2) is 27.3 Å². The average Bonchev–Trinajstić information content (AvgIpc) is 3.35. The van der Waals surface area contributed by atoms with E-state index in [0.717, 1.165) is 17.5 Å². The van der Waals surface area contributed by atoms with Crippen molar-refractivity contribution in [3.05, 3.63) is 90.3 Å². The van der Waals surface area contributed by atoms with Gasteiger partial charge in [-0.1, -0.05) is 18.2 Å². The molecule has 5 heteroatoms. The zero-order chi connectivity index (χ0) is 17.8. The van der Waals surface area contributed by atoms with Gasteiger partial charge in [-0.25, -0.2) is 0 Å². The number of pyridine rings is 1. The van der Waals surface area contributed by atoms with Crippen molar-refractivity contribution in [3.8, 4) is 0 Å². The molecule has 1 amide bonds. The Balaban J connectivity index is 1.55. The van der Waals surface area contributed by atoms with Gasteiger partial charge in [0.1, 0.15) is 0 Å². The number of carbonyl (C=O) groups excluding carboxylic acids is 1. The van der Waals surface area contributed by atoms with Gasteiger partial charge >= 0.3 is 0 Å². The molecule has 0 fully saturated rings. The number of fused-ring (bicyclic) bond motifs is 1. The van der Waals surface area contributed by atoms with Crippen molar-refractivity contribution in [3.63, 3.8) is 0 Å². The largest absolute Gasteiger partial charge is 0.459 e. The van der Waals surface area contributed by atoms with E-state index in [1.807, 2.05) is 35.4 Å². The average molecular weight is 345 g/mol. The highest BCUT2D eigenvalue weighted by Crippen LogP contribution is 2.19. The molecule has 0 bridgehead atoms. The third-order valence-corrected chi connectivity index (χ3v) is 4.47. The van der Waals surface area contributed by atoms with Gasteiger partial charge in [-0.05, 0) is 47.9 Å². The first kappa shape index (κ1) is 16.1. The molecule has 1 aromatic carbocycles. The first-order valence-electron chi connectivity index (χ1n) is 8.58. The third-order valence-electron chi connectivity index (χ3n) is 4.47. The van der Waals surface area contributed by atoms with E-state index in [0.29, 0.717) is 18.8 Å². The minimum atomic E-state index is -0.105. The van der Waals surface area contributed by atoms with E-state index < -0.39 is 0 Å². The first-order valence-corrected chi connectivity index (χ1v) is 8.58. The van der Waals surface area contributed by atoms with Gasteiger partial charge in [0.15, 0.2) is 5.76 Å². The van der Waals surface area contributed by atoms with Crippen LogP contribution in [0.1, 0.15) is 21.7 Å². The summed E-state index contributed by atoms with van der Waals surface area (Å²) in [5.74, 6) is 0.254. The number of hydrogen-bond donors (Lipinski definition) is 1. The number of aromatic amines is 1. The number of carbonyl (C=O) groups is 1. The molecule has 0 aliphatic carbocycles. The quantitative estimate of drug-likeness (QED) is 0.574. The molecule has 0 aliphatic rings. The van der Waals surface area contributed by atoms with Crippen LogP contribution < -0.4 is 0 Å². The SMILES string of the molecule is O=C(c1ccco1)N(CCc1c[nH]c2ccccc12)Cc1ccncc1. The molecular formula is C21H19N3O2. The van der Waals surface area contributed by atoms with Gasteiger partial charge < -0.3 is 14.3 Å². The van der Waals surface area contributed by atoms with Gasteiger partial charge in [0.25, 0.3) is 5.91 Å². The Morgan fingerprint density at radius 3 is 2.73 bits per heavy atom. The Morgan fingerprint density at radius 2 is 1.92 bits per heavy atom. The minimum Gasteiger partial charge on any atom is -0.459 e. The Morgan fingerprint density at radius 1 is 1.08 bits per heavy atom. The number of aromatic nitrogens is 2. The summed E-state index contributed by atoms with van der Waals surface area (Å²) < 4.78 is 5.31. The van der Waals surface area contributed by atoms with Crippen LogP contribution in [0.2, 0.25) is 0 Å². The van der Waals surface area contributed by atoms with E-state index in [4.69, 9.17) is 4.42 Å². The number of nitrogens with one attached hydrogen (secondary N) is 1. The maximum atomic E-state index is 12.8. The zero-order valence-corrected chi connectivity index (χ0v) is 14.3. The Kier molecular flexibility index (Phi) is 4.51. The summed E-state index contributed by atoms with van der Waals surface area (Å²) >= 11 is 0. The normalized spacial score (nSPS) is 10.9. The molecule has 0 spiro atoms. The molecule has 0 saturated carbocycles. The molecule has 0 unspecified atom stereocenters. The predicted octanol–water partition coefficient (Wildman–Crippen LogP) is 4.04. The Hall–Kier alpha value is -3.34. The fourth-order valence-corrected chi connectivity index (χ4v) is 3.11. The third kappa shape index (κ3) is 3.37. The number of amides is 1. The van der Waals surface area contributed by atoms with Crippen LogP contribution >= 0.6 is 0 Å². The van der Waals surface area contributed by atoms with E-state index in [-0.39, 0.29) is 5.91 Å². The second-order valence-electron chi connectivity index (χ2n) is 6.17. The molecule has 0 aliphatic heterocycles. The molecule has 3 heterocycles. The second-order valence-corrected chi connectivity index (χ2v) is 6.17. The molecule has 0 saturated heterocycles. The molecule has 0 atom stereocenters. The molecule has 4 rings (SSSR count). The van der Waals surface area contributed by atoms with Gasteiger partial charge in [-0.3, -0.25) is 9.78 Å². The number of H-pyrrole nitrogens is 1. The molecule has 130 valence electrons. The molecule has 5 nitrogen and oxygen atoms in total. The van der Waals surface area contributed by atoms with Crippen molar-refractivity contribution in [1.29, 1.82) is 0 Å². The number of furan rings is 1. The lowest BCUT2D eigenvalue weighted by molar-refractivity contribution is 0.0713. The summed E-state index contributed by atoms with van der Waals surface area (Å²) in [6.07, 6.45) is 7.79. The summed E-state index contributed by atoms with van der Waals surface area (Å²) in [5.41, 5.74) is 3.35. The van der Waals surface area contributed by atoms with Gasteiger partial charge in [0.2, 0.25) is 0 Å². The van der Waals surface area contributed by atoms with Crippen LogP contribution in [0.15, 0.2) is 77.8 Å². The van der Waals surface area contributed by atoms with Crippen molar-refractivity contribution in [2.24, 2.45) is 0 Å². The summed E-state index contributed by atoms with van der Waals surface area (Å²) in [6.45, 7) is 1.12. The minimum absolute atomic E-state index is 0.105. The van der Waals surface area contributed by atoms with Crippen LogP contribution in [0.3, 0.4) is 0 Å². The van der Waals surface area contributed by atoms with Gasteiger partial charge in [0, 0.05) is 42.6 Å². The van der Waals surface area contributed by atoms with Crippen LogP contribution in [0, 0.1) is 0 Å². The lowest BCUT2D eigenvalue weighted by atomic mass is 10.1. The molecule has 4 aromatic rings. The fraction of sp³-hybridized carbons (Fsp3) is 0.143. The van der Waals surface area contributed by atoms with Crippen molar-refractivity contribution < 1.29 is 9.21 Å². The van der Waals surface area contributed by atoms with Crippen molar-refractivity contribution >= 4 is 16.8 Å². The van der Waals surface area contributed by atoms with Gasteiger partial charge in [-0.2, -0.15) is 0 Å². The lowest BCUT2D eigenvalue weighted by Crippen LogP contribution is -2.32. The molecule has 3 aromatic heterocycles. The maximum Gasteiger partial charge on any atom is 0.289 e.